The van der Waals surface area contributed by atoms with E-state index in [0.717, 1.165) is 0 Å². The van der Waals surface area contributed by atoms with Crippen LogP contribution in [0.5, 0.6) is 0 Å². The van der Waals surface area contributed by atoms with E-state index < -0.39 is 10.1 Å². The molecular weight excluding hydrogens is 227 g/mol. The molecule has 0 aromatic heterocycles. The molecule has 0 spiro atoms. The second-order valence-electron chi connectivity index (χ2n) is 2.98. The molecule has 0 aliphatic carbocycles. The van der Waals surface area contributed by atoms with Gasteiger partial charge in [0.05, 0.1) is 11.0 Å². The Morgan fingerprint density at radius 2 is 1.67 bits per heavy atom. The van der Waals surface area contributed by atoms with Crippen LogP contribution in [0.15, 0.2) is 35.2 Å². The molecule has 1 radical (unpaired) electrons. The van der Waals surface area contributed by atoms with Gasteiger partial charge in [0.25, 0.3) is 0 Å². The molecule has 15 heavy (non-hydrogen) atoms. The van der Waals surface area contributed by atoms with Crippen molar-refractivity contribution in [3.63, 3.8) is 0 Å². The minimum Gasteiger partial charge on any atom is -0.217 e. The van der Waals surface area contributed by atoms with Crippen LogP contribution >= 0.6 is 0 Å². The van der Waals surface area contributed by atoms with Gasteiger partial charge in [-0.1, -0.05) is 18.2 Å². The second-order valence-corrected chi connectivity index (χ2v) is 4.50. The Morgan fingerprint density at radius 1 is 1.13 bits per heavy atom. The summed E-state index contributed by atoms with van der Waals surface area (Å²) in [4.78, 5) is 4.66. The molecule has 4 nitrogen and oxygen atoms in total. The van der Waals surface area contributed by atoms with Gasteiger partial charge >= 0.3 is 10.1 Å². The topological polar surface area (TPSA) is 52.6 Å². The Bertz CT molecular complexity index is 374. The van der Waals surface area contributed by atoms with E-state index in [-0.39, 0.29) is 40.6 Å². The summed E-state index contributed by atoms with van der Waals surface area (Å²) in [6.07, 6.45) is -0.298. The summed E-state index contributed by atoms with van der Waals surface area (Å²) in [6, 6.07) is 7.84. The average molecular weight is 239 g/mol. The van der Waals surface area contributed by atoms with Crippen molar-refractivity contribution in [2.45, 2.75) is 24.8 Å². The minimum atomic E-state index is -3.78. The van der Waals surface area contributed by atoms with Crippen molar-refractivity contribution < 1.29 is 17.6 Å². The number of hydrogen-bond donors (Lipinski definition) is 0. The first-order valence-electron chi connectivity index (χ1n) is 4.17. The molecular formula is C9H12NaO4S. The number of hydrogen-bond acceptors (Lipinski definition) is 4. The molecule has 6 heteroatoms. The van der Waals surface area contributed by atoms with Crippen LogP contribution in [0.2, 0.25) is 0 Å². The molecule has 1 rings (SSSR count). The zero-order chi connectivity index (χ0) is 10.6. The predicted octanol–water partition coefficient (Wildman–Crippen LogP) is 1.35. The van der Waals surface area contributed by atoms with E-state index >= 15 is 0 Å². The SMILES string of the molecule is CC(C)OOS(=O)(=O)c1ccccc1.[Na]. The van der Waals surface area contributed by atoms with Crippen molar-refractivity contribution >= 4 is 39.7 Å². The third-order valence-electron chi connectivity index (χ3n) is 1.35. The summed E-state index contributed by atoms with van der Waals surface area (Å²) >= 11 is 0. The molecule has 0 fully saturated rings. The smallest absolute Gasteiger partial charge is 0.217 e. The van der Waals surface area contributed by atoms with Crippen LogP contribution in [0.4, 0.5) is 0 Å². The van der Waals surface area contributed by atoms with Crippen LogP contribution in [0, 0.1) is 0 Å². The van der Waals surface area contributed by atoms with Crippen LogP contribution in [0.3, 0.4) is 0 Å². The van der Waals surface area contributed by atoms with Gasteiger partial charge in [-0.15, -0.1) is 4.33 Å². The van der Waals surface area contributed by atoms with Gasteiger partial charge in [0.1, 0.15) is 0 Å². The molecule has 1 aromatic carbocycles. The second kappa shape index (κ2) is 6.62. The van der Waals surface area contributed by atoms with Crippen molar-refractivity contribution in [1.29, 1.82) is 0 Å². The summed E-state index contributed by atoms with van der Waals surface area (Å²) in [5.74, 6) is 0. The third kappa shape index (κ3) is 5.10. The maximum absolute atomic E-state index is 11.4. The fraction of sp³-hybridized carbons (Fsp3) is 0.333. The Hall–Kier alpha value is 0.0900. The molecule has 0 bridgehead atoms. The van der Waals surface area contributed by atoms with Crippen LogP contribution in [0.25, 0.3) is 0 Å². The molecule has 0 saturated carbocycles. The Labute approximate surface area is 112 Å². The maximum Gasteiger partial charge on any atom is 0.323 e. The van der Waals surface area contributed by atoms with Crippen LogP contribution in [-0.4, -0.2) is 44.1 Å². The van der Waals surface area contributed by atoms with Gasteiger partial charge in [-0.25, -0.2) is 4.89 Å². The molecule has 0 amide bonds. The largest absolute Gasteiger partial charge is 0.323 e. The van der Waals surface area contributed by atoms with Gasteiger partial charge in [0.2, 0.25) is 0 Å². The van der Waals surface area contributed by atoms with Crippen LogP contribution in [0.1, 0.15) is 13.8 Å². The van der Waals surface area contributed by atoms with Gasteiger partial charge in [0.15, 0.2) is 0 Å². The maximum atomic E-state index is 11.4. The fourth-order valence-electron chi connectivity index (χ4n) is 0.757. The standard InChI is InChI=1S/C9H12O4S.Na/c1-8(2)12-13-14(10,11)9-6-4-3-5-7-9;/h3-8H,1-2H3;. The Morgan fingerprint density at radius 3 is 2.13 bits per heavy atom. The van der Waals surface area contributed by atoms with Crippen LogP contribution in [-0.2, 0) is 19.3 Å². The Kier molecular flexibility index (Phi) is 6.66. The van der Waals surface area contributed by atoms with Gasteiger partial charge in [-0.05, 0) is 26.0 Å². The van der Waals surface area contributed by atoms with Crippen molar-refractivity contribution in [2.75, 3.05) is 0 Å². The quantitative estimate of drug-likeness (QED) is 0.452. The summed E-state index contributed by atoms with van der Waals surface area (Å²) in [5, 5.41) is 0. The molecule has 0 heterocycles. The van der Waals surface area contributed by atoms with E-state index in [1.54, 1.807) is 32.0 Å². The van der Waals surface area contributed by atoms with E-state index in [4.69, 9.17) is 0 Å². The average Bonchev–Trinajstić information content (AvgIpc) is 2.16. The van der Waals surface area contributed by atoms with Gasteiger partial charge < -0.3 is 0 Å². The zero-order valence-corrected chi connectivity index (χ0v) is 11.8. The monoisotopic (exact) mass is 239 g/mol. The van der Waals surface area contributed by atoms with Crippen molar-refractivity contribution in [2.24, 2.45) is 0 Å². The molecule has 0 unspecified atom stereocenters. The van der Waals surface area contributed by atoms with Crippen molar-refractivity contribution in [1.82, 2.24) is 0 Å². The predicted molar refractivity (Wildman–Crippen MR) is 56.7 cm³/mol. The van der Waals surface area contributed by atoms with E-state index in [9.17, 15) is 8.42 Å². The molecule has 0 saturated heterocycles. The molecule has 1 aromatic rings. The molecule has 0 atom stereocenters. The Balaban J connectivity index is 0.00000196. The van der Waals surface area contributed by atoms with E-state index in [1.165, 1.54) is 12.1 Å². The number of benzene rings is 1. The normalized spacial score (nSPS) is 11.1. The molecule has 0 aliphatic heterocycles. The molecule has 0 aliphatic rings. The zero-order valence-electron chi connectivity index (χ0n) is 9.01. The van der Waals surface area contributed by atoms with E-state index in [0.29, 0.717) is 0 Å². The van der Waals surface area contributed by atoms with Gasteiger partial charge in [-0.2, -0.15) is 8.42 Å². The van der Waals surface area contributed by atoms with Crippen LogP contribution < -0.4 is 0 Å². The minimum absolute atomic E-state index is 0. The number of rotatable bonds is 4. The van der Waals surface area contributed by atoms with Gasteiger partial charge in [-0.3, -0.25) is 0 Å². The van der Waals surface area contributed by atoms with E-state index in [1.807, 2.05) is 0 Å². The first-order valence-corrected chi connectivity index (χ1v) is 5.58. The van der Waals surface area contributed by atoms with Crippen molar-refractivity contribution in [3.8, 4) is 0 Å². The fourth-order valence-corrected chi connectivity index (χ4v) is 1.59. The summed E-state index contributed by atoms with van der Waals surface area (Å²) < 4.78 is 27.1. The first-order chi connectivity index (χ1) is 6.52. The van der Waals surface area contributed by atoms with Gasteiger partial charge in [0, 0.05) is 29.6 Å². The summed E-state index contributed by atoms with van der Waals surface area (Å²) in [5.41, 5.74) is 0. The summed E-state index contributed by atoms with van der Waals surface area (Å²) in [6.45, 7) is 3.36. The molecule has 79 valence electrons. The van der Waals surface area contributed by atoms with E-state index in [2.05, 4.69) is 9.22 Å². The van der Waals surface area contributed by atoms with Crippen molar-refractivity contribution in [3.05, 3.63) is 30.3 Å². The third-order valence-corrected chi connectivity index (χ3v) is 2.46. The molecule has 0 N–H and O–H groups in total. The first kappa shape index (κ1) is 15.1. The summed E-state index contributed by atoms with van der Waals surface area (Å²) in [7, 11) is -3.78.